The van der Waals surface area contributed by atoms with Gasteiger partial charge in [0, 0.05) is 11.5 Å². The lowest BCUT2D eigenvalue weighted by Crippen LogP contribution is -2.65. The van der Waals surface area contributed by atoms with E-state index in [-0.39, 0.29) is 17.4 Å². The lowest BCUT2D eigenvalue weighted by molar-refractivity contribution is -0.152. The molecule has 0 spiro atoms. The van der Waals surface area contributed by atoms with Gasteiger partial charge < -0.3 is 10.4 Å². The Labute approximate surface area is 103 Å². The summed E-state index contributed by atoms with van der Waals surface area (Å²) in [6.07, 6.45) is 6.15. The Kier molecular flexibility index (Phi) is 2.35. The van der Waals surface area contributed by atoms with Crippen LogP contribution in [0.3, 0.4) is 0 Å². The summed E-state index contributed by atoms with van der Waals surface area (Å²) in [5.41, 5.74) is -0.561. The van der Waals surface area contributed by atoms with Crippen molar-refractivity contribution in [2.24, 2.45) is 17.8 Å². The highest BCUT2D eigenvalue weighted by molar-refractivity contribution is 5.78. The molecule has 2 N–H and O–H groups in total. The summed E-state index contributed by atoms with van der Waals surface area (Å²) in [6.45, 7) is 3.87. The van der Waals surface area contributed by atoms with E-state index in [0.717, 1.165) is 32.1 Å². The highest BCUT2D eigenvalue weighted by atomic mass is 16.3. The van der Waals surface area contributed by atoms with Crippen LogP contribution in [0.15, 0.2) is 0 Å². The standard InChI is InChI=1S/C14H23NO2/c1-9(2)12(16)15-13-4-10-3-11(5-13)7-14(17,6-10)8-13/h9-11,17H,3-8H2,1-2H3,(H,15,16). The van der Waals surface area contributed by atoms with Gasteiger partial charge in [-0.25, -0.2) is 0 Å². The van der Waals surface area contributed by atoms with Crippen LogP contribution in [0.5, 0.6) is 0 Å². The molecule has 4 aliphatic rings. The molecule has 0 aromatic heterocycles. The quantitative estimate of drug-likeness (QED) is 0.770. The van der Waals surface area contributed by atoms with Gasteiger partial charge in [0.25, 0.3) is 0 Å². The predicted molar refractivity (Wildman–Crippen MR) is 65.3 cm³/mol. The number of rotatable bonds is 2. The summed E-state index contributed by atoms with van der Waals surface area (Å²) >= 11 is 0. The van der Waals surface area contributed by atoms with E-state index in [2.05, 4.69) is 5.32 Å². The van der Waals surface area contributed by atoms with E-state index in [4.69, 9.17) is 0 Å². The van der Waals surface area contributed by atoms with Crippen molar-refractivity contribution in [3.63, 3.8) is 0 Å². The number of nitrogens with one attached hydrogen (secondary N) is 1. The fourth-order valence-corrected chi connectivity index (χ4v) is 4.77. The summed E-state index contributed by atoms with van der Waals surface area (Å²) in [5.74, 6) is 1.45. The van der Waals surface area contributed by atoms with Crippen LogP contribution >= 0.6 is 0 Å². The van der Waals surface area contributed by atoms with Crippen molar-refractivity contribution in [1.29, 1.82) is 0 Å². The molecule has 4 bridgehead atoms. The monoisotopic (exact) mass is 237 g/mol. The Hall–Kier alpha value is -0.570. The number of hydrogen-bond acceptors (Lipinski definition) is 2. The smallest absolute Gasteiger partial charge is 0.222 e. The van der Waals surface area contributed by atoms with E-state index >= 15 is 0 Å². The van der Waals surface area contributed by atoms with Gasteiger partial charge in [-0.1, -0.05) is 13.8 Å². The molecular weight excluding hydrogens is 214 g/mol. The molecule has 17 heavy (non-hydrogen) atoms. The van der Waals surface area contributed by atoms with Crippen LogP contribution in [0.2, 0.25) is 0 Å². The summed E-state index contributed by atoms with van der Waals surface area (Å²) in [6, 6.07) is 0. The van der Waals surface area contributed by atoms with Gasteiger partial charge in [0.2, 0.25) is 5.91 Å². The summed E-state index contributed by atoms with van der Waals surface area (Å²) in [5, 5.41) is 13.8. The molecule has 0 saturated heterocycles. The van der Waals surface area contributed by atoms with E-state index < -0.39 is 5.60 Å². The molecule has 1 amide bonds. The molecule has 0 heterocycles. The first kappa shape index (κ1) is 11.5. The van der Waals surface area contributed by atoms with Gasteiger partial charge in [0.1, 0.15) is 0 Å². The van der Waals surface area contributed by atoms with Crippen molar-refractivity contribution in [3.8, 4) is 0 Å². The maximum Gasteiger partial charge on any atom is 0.222 e. The van der Waals surface area contributed by atoms with Crippen LogP contribution in [0.4, 0.5) is 0 Å². The van der Waals surface area contributed by atoms with Crippen molar-refractivity contribution in [3.05, 3.63) is 0 Å². The second-order valence-electron chi connectivity index (χ2n) is 7.11. The molecule has 2 atom stereocenters. The van der Waals surface area contributed by atoms with E-state index in [1.807, 2.05) is 13.8 Å². The molecule has 3 nitrogen and oxygen atoms in total. The number of amides is 1. The molecule has 0 aromatic carbocycles. The van der Waals surface area contributed by atoms with Gasteiger partial charge in [-0.05, 0) is 50.4 Å². The summed E-state index contributed by atoms with van der Waals surface area (Å²) in [4.78, 5) is 11.9. The number of carbonyl (C=O) groups excluding carboxylic acids is 1. The molecule has 0 aliphatic heterocycles. The Morgan fingerprint density at radius 2 is 1.82 bits per heavy atom. The van der Waals surface area contributed by atoms with E-state index in [1.165, 1.54) is 6.42 Å². The van der Waals surface area contributed by atoms with Crippen molar-refractivity contribution < 1.29 is 9.90 Å². The van der Waals surface area contributed by atoms with Crippen LogP contribution in [0.1, 0.15) is 52.4 Å². The van der Waals surface area contributed by atoms with Gasteiger partial charge in [0.05, 0.1) is 5.60 Å². The van der Waals surface area contributed by atoms with Gasteiger partial charge in [-0.15, -0.1) is 0 Å². The minimum Gasteiger partial charge on any atom is -0.390 e. The molecule has 4 fully saturated rings. The molecule has 4 rings (SSSR count). The fourth-order valence-electron chi connectivity index (χ4n) is 4.77. The van der Waals surface area contributed by atoms with Gasteiger partial charge in [0.15, 0.2) is 0 Å². The topological polar surface area (TPSA) is 49.3 Å². The fraction of sp³-hybridized carbons (Fsp3) is 0.929. The molecule has 3 heteroatoms. The first-order valence-electron chi connectivity index (χ1n) is 6.94. The molecule has 2 unspecified atom stereocenters. The predicted octanol–water partition coefficient (Wildman–Crippen LogP) is 1.84. The average molecular weight is 237 g/mol. The third kappa shape index (κ3) is 1.88. The van der Waals surface area contributed by atoms with Gasteiger partial charge in [-0.3, -0.25) is 4.79 Å². The van der Waals surface area contributed by atoms with E-state index in [1.54, 1.807) is 0 Å². The maximum atomic E-state index is 11.9. The Balaban J connectivity index is 1.81. The highest BCUT2D eigenvalue weighted by Gasteiger charge is 2.57. The Morgan fingerprint density at radius 1 is 1.24 bits per heavy atom. The normalized spacial score (nSPS) is 47.5. The molecule has 4 saturated carbocycles. The molecule has 4 aliphatic carbocycles. The third-order valence-corrected chi connectivity index (χ3v) is 4.94. The van der Waals surface area contributed by atoms with Crippen LogP contribution in [0.25, 0.3) is 0 Å². The number of hydrogen-bond donors (Lipinski definition) is 2. The Bertz CT molecular complexity index is 336. The summed E-state index contributed by atoms with van der Waals surface area (Å²) in [7, 11) is 0. The lowest BCUT2D eigenvalue weighted by atomic mass is 9.51. The summed E-state index contributed by atoms with van der Waals surface area (Å²) < 4.78 is 0. The van der Waals surface area contributed by atoms with Crippen LogP contribution in [0, 0.1) is 17.8 Å². The van der Waals surface area contributed by atoms with Crippen molar-refractivity contribution in [2.75, 3.05) is 0 Å². The van der Waals surface area contributed by atoms with Crippen molar-refractivity contribution >= 4 is 5.91 Å². The minimum absolute atomic E-state index is 0.0395. The Morgan fingerprint density at radius 3 is 2.29 bits per heavy atom. The van der Waals surface area contributed by atoms with Crippen molar-refractivity contribution in [1.82, 2.24) is 5.32 Å². The second kappa shape index (κ2) is 3.47. The van der Waals surface area contributed by atoms with E-state index in [0.29, 0.717) is 11.8 Å². The van der Waals surface area contributed by atoms with Crippen LogP contribution in [-0.4, -0.2) is 22.2 Å². The zero-order chi connectivity index (χ0) is 12.3. The molecule has 0 aromatic rings. The second-order valence-corrected chi connectivity index (χ2v) is 7.11. The zero-order valence-electron chi connectivity index (χ0n) is 10.8. The number of aliphatic hydroxyl groups is 1. The first-order valence-corrected chi connectivity index (χ1v) is 6.94. The molecule has 96 valence electrons. The first-order chi connectivity index (χ1) is 7.90. The largest absolute Gasteiger partial charge is 0.390 e. The SMILES string of the molecule is CC(C)C(=O)NC12CC3CC(CC(O)(C3)C1)C2. The van der Waals surface area contributed by atoms with Gasteiger partial charge in [-0.2, -0.15) is 0 Å². The molecule has 0 radical (unpaired) electrons. The lowest BCUT2D eigenvalue weighted by Gasteiger charge is -2.60. The molecular formula is C14H23NO2. The van der Waals surface area contributed by atoms with E-state index in [9.17, 15) is 9.90 Å². The highest BCUT2D eigenvalue weighted by Crippen LogP contribution is 2.57. The van der Waals surface area contributed by atoms with Crippen LogP contribution in [-0.2, 0) is 4.79 Å². The third-order valence-electron chi connectivity index (χ3n) is 4.94. The maximum absolute atomic E-state index is 11.9. The van der Waals surface area contributed by atoms with Gasteiger partial charge >= 0.3 is 0 Å². The zero-order valence-corrected chi connectivity index (χ0v) is 10.8. The van der Waals surface area contributed by atoms with Crippen molar-refractivity contribution in [2.45, 2.75) is 63.5 Å². The van der Waals surface area contributed by atoms with Crippen LogP contribution < -0.4 is 5.32 Å². The number of carbonyl (C=O) groups is 1. The average Bonchev–Trinajstić information content (AvgIpc) is 2.11. The minimum atomic E-state index is -0.478.